The second-order valence-electron chi connectivity index (χ2n) is 3.76. The first kappa shape index (κ1) is 8.25. The monoisotopic (exact) mass is 148 g/mol. The average molecular weight is 148 g/mol. The van der Waals surface area contributed by atoms with Crippen molar-refractivity contribution >= 4 is 0 Å². The molecular formula is C10H14N. The molecule has 0 N–H and O–H groups in total. The molecule has 0 saturated carbocycles. The molecule has 1 aromatic heterocycles. The fourth-order valence-electron chi connectivity index (χ4n) is 0.905. The molecule has 0 spiro atoms. The van der Waals surface area contributed by atoms with E-state index in [1.54, 1.807) is 0 Å². The van der Waals surface area contributed by atoms with Crippen molar-refractivity contribution in [2.24, 2.45) is 5.41 Å². The van der Waals surface area contributed by atoms with Crippen LogP contribution in [-0.4, -0.2) is 4.98 Å². The van der Waals surface area contributed by atoms with Gasteiger partial charge >= 0.3 is 0 Å². The Hall–Kier alpha value is -0.850. The Morgan fingerprint density at radius 2 is 2.00 bits per heavy atom. The summed E-state index contributed by atoms with van der Waals surface area (Å²) in [6.07, 6.45) is 3.98. The number of hydrogen-bond donors (Lipinski definition) is 0. The van der Waals surface area contributed by atoms with Crippen molar-refractivity contribution in [2.45, 2.75) is 20.8 Å². The first-order valence-electron chi connectivity index (χ1n) is 3.85. The fourth-order valence-corrected chi connectivity index (χ4v) is 0.905. The normalized spacial score (nSPS) is 11.5. The molecule has 0 atom stereocenters. The van der Waals surface area contributed by atoms with Crippen LogP contribution in [0.25, 0.3) is 0 Å². The van der Waals surface area contributed by atoms with Crippen LogP contribution < -0.4 is 0 Å². The largest absolute Gasteiger partial charge is 0.261 e. The van der Waals surface area contributed by atoms with Gasteiger partial charge in [-0.15, -0.1) is 0 Å². The topological polar surface area (TPSA) is 12.9 Å². The molecule has 1 nitrogen and oxygen atoms in total. The number of hydrogen-bond acceptors (Lipinski definition) is 1. The number of aromatic nitrogens is 1. The Bertz CT molecular complexity index is 208. The number of nitrogens with zero attached hydrogens (tertiary/aromatic N) is 1. The molecule has 0 aliphatic heterocycles. The van der Waals surface area contributed by atoms with E-state index in [1.165, 1.54) is 0 Å². The lowest BCUT2D eigenvalue weighted by atomic mass is 9.90. The molecule has 0 fully saturated rings. The molecule has 1 radical (unpaired) electrons. The smallest absolute Gasteiger partial charge is 0.0446 e. The molecule has 59 valence electrons. The molecule has 0 saturated heterocycles. The maximum atomic E-state index is 4.21. The summed E-state index contributed by atoms with van der Waals surface area (Å²) in [6, 6.07) is 5.95. The predicted octanol–water partition coefficient (Wildman–Crippen LogP) is 2.68. The third-order valence-corrected chi connectivity index (χ3v) is 1.27. The van der Waals surface area contributed by atoms with Crippen molar-refractivity contribution in [1.82, 2.24) is 4.98 Å². The summed E-state index contributed by atoms with van der Waals surface area (Å²) in [5.41, 5.74) is 1.27. The molecule has 0 aliphatic rings. The molecule has 11 heavy (non-hydrogen) atoms. The minimum Gasteiger partial charge on any atom is -0.261 e. The van der Waals surface area contributed by atoms with Gasteiger partial charge in [0.1, 0.15) is 0 Å². The van der Waals surface area contributed by atoms with Crippen LogP contribution in [-0.2, 0) is 0 Å². The molecule has 0 amide bonds. The van der Waals surface area contributed by atoms with Crippen molar-refractivity contribution in [3.05, 3.63) is 36.5 Å². The van der Waals surface area contributed by atoms with E-state index < -0.39 is 0 Å². The van der Waals surface area contributed by atoms with Crippen LogP contribution in [0.15, 0.2) is 24.4 Å². The Morgan fingerprint density at radius 3 is 2.45 bits per heavy atom. The summed E-state index contributed by atoms with van der Waals surface area (Å²) >= 11 is 0. The quantitative estimate of drug-likeness (QED) is 0.596. The van der Waals surface area contributed by atoms with E-state index in [-0.39, 0.29) is 5.41 Å². The van der Waals surface area contributed by atoms with E-state index in [9.17, 15) is 0 Å². The zero-order chi connectivity index (χ0) is 8.32. The van der Waals surface area contributed by atoms with E-state index in [0.29, 0.717) is 0 Å². The molecule has 0 aliphatic carbocycles. The zero-order valence-electron chi connectivity index (χ0n) is 7.33. The molecule has 0 unspecified atom stereocenters. The molecule has 0 bridgehead atoms. The van der Waals surface area contributed by atoms with Gasteiger partial charge in [-0.1, -0.05) is 26.8 Å². The van der Waals surface area contributed by atoms with E-state index >= 15 is 0 Å². The van der Waals surface area contributed by atoms with Gasteiger partial charge in [-0.25, -0.2) is 0 Å². The number of pyridine rings is 1. The number of rotatable bonds is 1. The van der Waals surface area contributed by atoms with Crippen molar-refractivity contribution in [3.63, 3.8) is 0 Å². The van der Waals surface area contributed by atoms with Gasteiger partial charge in [0, 0.05) is 18.3 Å². The van der Waals surface area contributed by atoms with Gasteiger partial charge in [-0.3, -0.25) is 4.98 Å². The molecule has 1 aromatic rings. The Kier molecular flexibility index (Phi) is 2.28. The Morgan fingerprint density at radius 1 is 1.27 bits per heavy atom. The highest BCUT2D eigenvalue weighted by molar-refractivity contribution is 5.15. The molecule has 0 aromatic carbocycles. The Balaban J connectivity index is 2.66. The summed E-state index contributed by atoms with van der Waals surface area (Å²) in [5, 5.41) is 0. The Labute approximate surface area is 68.5 Å². The SMILES string of the molecule is CC(C)(C)[CH]c1ccccn1. The van der Waals surface area contributed by atoms with Crippen molar-refractivity contribution < 1.29 is 0 Å². The van der Waals surface area contributed by atoms with Crippen LogP contribution >= 0.6 is 0 Å². The van der Waals surface area contributed by atoms with E-state index in [2.05, 4.69) is 32.2 Å². The van der Waals surface area contributed by atoms with E-state index in [1.807, 2.05) is 24.4 Å². The molecular weight excluding hydrogens is 134 g/mol. The molecule has 1 heterocycles. The lowest BCUT2D eigenvalue weighted by Gasteiger charge is -2.16. The third-order valence-electron chi connectivity index (χ3n) is 1.27. The summed E-state index contributed by atoms with van der Waals surface area (Å²) in [4.78, 5) is 4.21. The van der Waals surface area contributed by atoms with Crippen molar-refractivity contribution in [3.8, 4) is 0 Å². The van der Waals surface area contributed by atoms with Crippen LogP contribution in [0.5, 0.6) is 0 Å². The van der Waals surface area contributed by atoms with Crippen LogP contribution in [0.1, 0.15) is 26.5 Å². The highest BCUT2D eigenvalue weighted by Crippen LogP contribution is 2.20. The van der Waals surface area contributed by atoms with Gasteiger partial charge < -0.3 is 0 Å². The van der Waals surface area contributed by atoms with E-state index in [0.717, 1.165) is 5.69 Å². The van der Waals surface area contributed by atoms with Crippen molar-refractivity contribution in [1.29, 1.82) is 0 Å². The highest BCUT2D eigenvalue weighted by atomic mass is 14.7. The van der Waals surface area contributed by atoms with Gasteiger partial charge in [0.15, 0.2) is 0 Å². The fraction of sp³-hybridized carbons (Fsp3) is 0.400. The van der Waals surface area contributed by atoms with Gasteiger partial charge in [-0.2, -0.15) is 0 Å². The summed E-state index contributed by atoms with van der Waals surface area (Å²) in [5.74, 6) is 0. The predicted molar refractivity (Wildman–Crippen MR) is 47.1 cm³/mol. The van der Waals surface area contributed by atoms with Gasteiger partial charge in [0.2, 0.25) is 0 Å². The standard InChI is InChI=1S/C10H14N/c1-10(2,3)8-9-6-4-5-7-11-9/h4-8H,1-3H3. The zero-order valence-corrected chi connectivity index (χ0v) is 7.33. The van der Waals surface area contributed by atoms with Crippen molar-refractivity contribution in [2.75, 3.05) is 0 Å². The lowest BCUT2D eigenvalue weighted by molar-refractivity contribution is 0.502. The third kappa shape index (κ3) is 3.17. The summed E-state index contributed by atoms with van der Waals surface area (Å²) < 4.78 is 0. The van der Waals surface area contributed by atoms with Gasteiger partial charge in [-0.05, 0) is 17.5 Å². The maximum Gasteiger partial charge on any atom is 0.0446 e. The second kappa shape index (κ2) is 3.04. The van der Waals surface area contributed by atoms with Crippen LogP contribution in [0, 0.1) is 11.8 Å². The molecule has 1 rings (SSSR count). The maximum absolute atomic E-state index is 4.21. The van der Waals surface area contributed by atoms with E-state index in [4.69, 9.17) is 0 Å². The first-order valence-corrected chi connectivity index (χ1v) is 3.85. The highest BCUT2D eigenvalue weighted by Gasteiger charge is 2.11. The van der Waals surface area contributed by atoms with Gasteiger partial charge in [0.25, 0.3) is 0 Å². The minimum atomic E-state index is 0.217. The molecule has 1 heteroatoms. The van der Waals surface area contributed by atoms with Crippen LogP contribution in [0.4, 0.5) is 0 Å². The summed E-state index contributed by atoms with van der Waals surface area (Å²) in [6.45, 7) is 6.51. The average Bonchev–Trinajstić information content (AvgIpc) is 1.85. The van der Waals surface area contributed by atoms with Gasteiger partial charge in [0.05, 0.1) is 0 Å². The summed E-state index contributed by atoms with van der Waals surface area (Å²) in [7, 11) is 0. The van der Waals surface area contributed by atoms with Crippen LogP contribution in [0.3, 0.4) is 0 Å². The minimum absolute atomic E-state index is 0.217. The lowest BCUT2D eigenvalue weighted by Crippen LogP contribution is -2.07. The first-order chi connectivity index (χ1) is 5.08. The van der Waals surface area contributed by atoms with Crippen LogP contribution in [0.2, 0.25) is 0 Å². The second-order valence-corrected chi connectivity index (χ2v) is 3.76.